The van der Waals surface area contributed by atoms with Gasteiger partial charge in [0.15, 0.2) is 5.57 Å². The summed E-state index contributed by atoms with van der Waals surface area (Å²) in [5.74, 6) is -0.530. The lowest BCUT2D eigenvalue weighted by atomic mass is 10.3. The smallest absolute Gasteiger partial charge is 0.350 e. The van der Waals surface area contributed by atoms with Crippen molar-refractivity contribution in [2.45, 2.75) is 20.8 Å². The van der Waals surface area contributed by atoms with E-state index in [0.29, 0.717) is 0 Å². The normalized spacial score (nSPS) is 15.2. The van der Waals surface area contributed by atoms with E-state index in [1.165, 1.54) is 23.5 Å². The molecule has 0 aromatic rings. The Morgan fingerprint density at radius 1 is 1.40 bits per heavy atom. The second-order valence-electron chi connectivity index (χ2n) is 2.81. The molecule has 0 aliphatic carbocycles. The van der Waals surface area contributed by atoms with Crippen LogP contribution in [0.4, 0.5) is 0 Å². The van der Waals surface area contributed by atoms with Gasteiger partial charge in [-0.2, -0.15) is 5.26 Å². The second kappa shape index (κ2) is 5.29. The highest BCUT2D eigenvalue weighted by molar-refractivity contribution is 8.28. The summed E-state index contributed by atoms with van der Waals surface area (Å²) in [4.78, 5) is 13.7. The number of carbonyl (C=O) groups excluding carboxylic acids is 1. The Morgan fingerprint density at radius 3 is 2.33 bits per heavy atom. The maximum absolute atomic E-state index is 11.4. The van der Waals surface area contributed by atoms with E-state index in [2.05, 4.69) is 0 Å². The number of ether oxygens (including phenoxy) is 1. The van der Waals surface area contributed by atoms with Crippen molar-refractivity contribution >= 4 is 29.5 Å². The third kappa shape index (κ3) is 2.80. The van der Waals surface area contributed by atoms with Crippen LogP contribution in [0.25, 0.3) is 0 Å². The van der Waals surface area contributed by atoms with Gasteiger partial charge < -0.3 is 4.74 Å². The van der Waals surface area contributed by atoms with Crippen LogP contribution in [-0.2, 0) is 9.53 Å². The Kier molecular flexibility index (Phi) is 4.30. The average Bonchev–Trinajstić information content (AvgIpc) is 2.48. The number of rotatable bonds is 2. The minimum atomic E-state index is -0.530. The first-order valence-corrected chi connectivity index (χ1v) is 6.08. The first-order valence-electron chi connectivity index (χ1n) is 4.44. The highest BCUT2D eigenvalue weighted by atomic mass is 32.2. The van der Waals surface area contributed by atoms with Crippen molar-refractivity contribution in [1.29, 1.82) is 5.26 Å². The second-order valence-corrected chi connectivity index (χ2v) is 5.52. The molecule has 0 aromatic carbocycles. The van der Waals surface area contributed by atoms with Gasteiger partial charge in [0.1, 0.15) is 6.07 Å². The predicted molar refractivity (Wildman–Crippen MR) is 62.8 cm³/mol. The van der Waals surface area contributed by atoms with E-state index in [0.717, 1.165) is 14.0 Å². The first kappa shape index (κ1) is 12.2. The molecule has 80 valence electrons. The molecule has 0 radical (unpaired) electrons. The van der Waals surface area contributed by atoms with Crippen molar-refractivity contribution in [1.82, 2.24) is 0 Å². The highest BCUT2D eigenvalue weighted by Crippen LogP contribution is 2.49. The predicted octanol–water partition coefficient (Wildman–Crippen LogP) is 3.02. The fourth-order valence-corrected chi connectivity index (χ4v) is 3.39. The Labute approximate surface area is 97.6 Å². The molecule has 1 heterocycles. The van der Waals surface area contributed by atoms with E-state index in [-0.39, 0.29) is 12.2 Å². The van der Waals surface area contributed by atoms with Crippen molar-refractivity contribution in [2.24, 2.45) is 0 Å². The zero-order valence-corrected chi connectivity index (χ0v) is 10.4. The summed E-state index contributed by atoms with van der Waals surface area (Å²) in [6.45, 7) is 5.96. The number of allylic oxidation sites excluding steroid dienone is 2. The molecule has 1 aliphatic rings. The minimum absolute atomic E-state index is 0.114. The third-order valence-electron chi connectivity index (χ3n) is 1.78. The molecule has 15 heavy (non-hydrogen) atoms. The molecule has 0 aromatic heterocycles. The number of nitrogens with zero attached hydrogens (tertiary/aromatic N) is 1. The van der Waals surface area contributed by atoms with Crippen molar-refractivity contribution < 1.29 is 9.53 Å². The van der Waals surface area contributed by atoms with Crippen molar-refractivity contribution in [3.63, 3.8) is 0 Å². The summed E-state index contributed by atoms with van der Waals surface area (Å²) in [6.07, 6.45) is 0. The molecule has 0 unspecified atom stereocenters. The molecule has 1 rings (SSSR count). The molecule has 3 nitrogen and oxygen atoms in total. The van der Waals surface area contributed by atoms with Gasteiger partial charge in [-0.25, -0.2) is 4.79 Å². The number of esters is 1. The zero-order valence-electron chi connectivity index (χ0n) is 8.79. The van der Waals surface area contributed by atoms with Gasteiger partial charge in [-0.1, -0.05) is 23.5 Å². The van der Waals surface area contributed by atoms with Gasteiger partial charge in [-0.3, -0.25) is 0 Å². The molecule has 0 fully saturated rings. The number of hydrogen-bond donors (Lipinski definition) is 0. The van der Waals surface area contributed by atoms with E-state index in [9.17, 15) is 4.79 Å². The summed E-state index contributed by atoms with van der Waals surface area (Å²) >= 11 is 2.92. The van der Waals surface area contributed by atoms with Crippen LogP contribution in [0.5, 0.6) is 0 Å². The van der Waals surface area contributed by atoms with Crippen LogP contribution in [0.15, 0.2) is 19.6 Å². The summed E-state index contributed by atoms with van der Waals surface area (Å²) < 4.78 is 5.54. The molecule has 1 aliphatic heterocycles. The molecule has 0 atom stereocenters. The van der Waals surface area contributed by atoms with Gasteiger partial charge in [-0.05, 0) is 30.6 Å². The summed E-state index contributed by atoms with van der Waals surface area (Å²) in [7, 11) is 0. The highest BCUT2D eigenvalue weighted by Gasteiger charge is 2.23. The van der Waals surface area contributed by atoms with E-state index in [1.54, 1.807) is 6.92 Å². The van der Waals surface area contributed by atoms with E-state index in [1.807, 2.05) is 19.9 Å². The first-order chi connectivity index (χ1) is 7.10. The van der Waals surface area contributed by atoms with Gasteiger partial charge in [0, 0.05) is 0 Å². The SMILES string of the molecule is CCOC(=O)C(C#N)=C1SC(C)=C(C)S1. The molecule has 5 heteroatoms. The van der Waals surface area contributed by atoms with Crippen LogP contribution in [0, 0.1) is 11.3 Å². The lowest BCUT2D eigenvalue weighted by molar-refractivity contribution is -0.138. The lowest BCUT2D eigenvalue weighted by Crippen LogP contribution is -2.07. The topological polar surface area (TPSA) is 50.1 Å². The number of nitriles is 1. The fourth-order valence-electron chi connectivity index (χ4n) is 0.923. The van der Waals surface area contributed by atoms with Crippen LogP contribution in [0.1, 0.15) is 20.8 Å². The molecular weight excluding hydrogens is 230 g/mol. The number of hydrogen-bond acceptors (Lipinski definition) is 5. The molecule has 0 saturated carbocycles. The van der Waals surface area contributed by atoms with Crippen LogP contribution in [-0.4, -0.2) is 12.6 Å². The molecular formula is C10H11NO2S2. The maximum atomic E-state index is 11.4. The summed E-state index contributed by atoms with van der Waals surface area (Å²) in [5, 5.41) is 8.90. The maximum Gasteiger partial charge on any atom is 0.350 e. The molecule has 0 N–H and O–H groups in total. The summed E-state index contributed by atoms with van der Waals surface area (Å²) in [5.41, 5.74) is 0.114. The van der Waals surface area contributed by atoms with Gasteiger partial charge in [0.25, 0.3) is 0 Å². The number of thioether (sulfide) groups is 2. The Bertz CT molecular complexity index is 375. The lowest BCUT2D eigenvalue weighted by Gasteiger charge is -2.02. The Hall–Kier alpha value is -0.860. The molecule has 0 saturated heterocycles. The van der Waals surface area contributed by atoms with Crippen LogP contribution < -0.4 is 0 Å². The minimum Gasteiger partial charge on any atom is -0.462 e. The largest absolute Gasteiger partial charge is 0.462 e. The van der Waals surface area contributed by atoms with Crippen molar-refractivity contribution in [3.8, 4) is 6.07 Å². The van der Waals surface area contributed by atoms with Gasteiger partial charge in [0.2, 0.25) is 0 Å². The van der Waals surface area contributed by atoms with Gasteiger partial charge in [-0.15, -0.1) is 0 Å². The van der Waals surface area contributed by atoms with E-state index >= 15 is 0 Å². The van der Waals surface area contributed by atoms with Crippen LogP contribution >= 0.6 is 23.5 Å². The molecule has 0 amide bonds. The van der Waals surface area contributed by atoms with Crippen LogP contribution in [0.2, 0.25) is 0 Å². The van der Waals surface area contributed by atoms with Crippen molar-refractivity contribution in [3.05, 3.63) is 19.6 Å². The Balaban J connectivity index is 2.90. The quantitative estimate of drug-likeness (QED) is 0.422. The average molecular weight is 241 g/mol. The molecule has 0 spiro atoms. The zero-order chi connectivity index (χ0) is 11.4. The monoisotopic (exact) mass is 241 g/mol. The third-order valence-corrected chi connectivity index (χ3v) is 4.42. The fraction of sp³-hybridized carbons (Fsp3) is 0.400. The van der Waals surface area contributed by atoms with Gasteiger partial charge >= 0.3 is 5.97 Å². The van der Waals surface area contributed by atoms with Gasteiger partial charge in [0.05, 0.1) is 10.8 Å². The standard InChI is InChI=1S/C10H11NO2S2/c1-4-13-9(12)8(5-11)10-14-6(2)7(3)15-10/h4H2,1-3H3. The summed E-state index contributed by atoms with van der Waals surface area (Å²) in [6, 6.07) is 1.91. The Morgan fingerprint density at radius 2 is 1.93 bits per heavy atom. The van der Waals surface area contributed by atoms with Crippen molar-refractivity contribution in [2.75, 3.05) is 6.61 Å². The number of carbonyl (C=O) groups is 1. The van der Waals surface area contributed by atoms with E-state index in [4.69, 9.17) is 10.00 Å². The molecule has 0 bridgehead atoms. The van der Waals surface area contributed by atoms with Crippen LogP contribution in [0.3, 0.4) is 0 Å². The van der Waals surface area contributed by atoms with E-state index < -0.39 is 5.97 Å².